The Kier molecular flexibility index (Phi) is 4.41. The van der Waals surface area contributed by atoms with E-state index in [-0.39, 0.29) is 23.8 Å². The number of hydrogen-bond acceptors (Lipinski definition) is 4. The van der Waals surface area contributed by atoms with E-state index in [9.17, 15) is 9.59 Å². The Balaban J connectivity index is 1.51. The number of carbonyl (C=O) groups is 2. The van der Waals surface area contributed by atoms with Crippen molar-refractivity contribution in [2.45, 2.75) is 38.3 Å². The van der Waals surface area contributed by atoms with Gasteiger partial charge in [-0.1, -0.05) is 6.07 Å². The molecule has 1 aliphatic heterocycles. The van der Waals surface area contributed by atoms with E-state index < -0.39 is 0 Å². The SMILES string of the molecule is Cc1cncc(C(=O)NC[C@@H]2CC(=O)N(C3CC3)[C@H]2c2cccnc2)c1. The van der Waals surface area contributed by atoms with E-state index in [0.717, 1.165) is 24.0 Å². The normalized spacial score (nSPS) is 22.5. The van der Waals surface area contributed by atoms with Gasteiger partial charge in [-0.15, -0.1) is 0 Å². The van der Waals surface area contributed by atoms with Crippen LogP contribution in [0.4, 0.5) is 0 Å². The van der Waals surface area contributed by atoms with Crippen LogP contribution in [0.25, 0.3) is 0 Å². The van der Waals surface area contributed by atoms with Crippen LogP contribution in [0.15, 0.2) is 43.0 Å². The predicted molar refractivity (Wildman–Crippen MR) is 96.3 cm³/mol. The third-order valence-electron chi connectivity index (χ3n) is 5.10. The van der Waals surface area contributed by atoms with Crippen LogP contribution < -0.4 is 5.32 Å². The molecule has 2 fully saturated rings. The molecular formula is C20H22N4O2. The summed E-state index contributed by atoms with van der Waals surface area (Å²) >= 11 is 0. The minimum absolute atomic E-state index is 0.0142. The van der Waals surface area contributed by atoms with Crippen molar-refractivity contribution in [1.29, 1.82) is 0 Å². The lowest BCUT2D eigenvalue weighted by atomic mass is 9.94. The van der Waals surface area contributed by atoms with Gasteiger partial charge in [0.25, 0.3) is 5.91 Å². The fraction of sp³-hybridized carbons (Fsp3) is 0.400. The van der Waals surface area contributed by atoms with Crippen molar-refractivity contribution in [1.82, 2.24) is 20.2 Å². The van der Waals surface area contributed by atoms with Crippen molar-refractivity contribution in [3.8, 4) is 0 Å². The fourth-order valence-electron chi connectivity index (χ4n) is 3.78. The summed E-state index contributed by atoms with van der Waals surface area (Å²) in [4.78, 5) is 35.3. The number of nitrogens with one attached hydrogen (secondary N) is 1. The quantitative estimate of drug-likeness (QED) is 0.898. The summed E-state index contributed by atoms with van der Waals surface area (Å²) in [6.45, 7) is 2.37. The number of rotatable bonds is 5. The van der Waals surface area contributed by atoms with E-state index in [1.807, 2.05) is 36.2 Å². The molecule has 2 amide bonds. The van der Waals surface area contributed by atoms with E-state index in [1.165, 1.54) is 0 Å². The van der Waals surface area contributed by atoms with Crippen molar-refractivity contribution >= 4 is 11.8 Å². The maximum Gasteiger partial charge on any atom is 0.252 e. The zero-order valence-corrected chi connectivity index (χ0v) is 14.8. The minimum Gasteiger partial charge on any atom is -0.352 e. The Bertz CT molecular complexity index is 820. The summed E-state index contributed by atoms with van der Waals surface area (Å²) in [6.07, 6.45) is 9.45. The Morgan fingerprint density at radius 3 is 2.81 bits per heavy atom. The largest absolute Gasteiger partial charge is 0.352 e. The first kappa shape index (κ1) is 16.7. The third-order valence-corrected chi connectivity index (χ3v) is 5.10. The first-order chi connectivity index (χ1) is 12.6. The molecule has 0 bridgehead atoms. The van der Waals surface area contributed by atoms with Gasteiger partial charge in [-0.05, 0) is 43.0 Å². The standard InChI is InChI=1S/C20H22N4O2/c1-13-7-16(11-22-9-13)20(26)23-12-15-8-18(25)24(17-4-5-17)19(15)14-3-2-6-21-10-14/h2-3,6-7,9-11,15,17,19H,4-5,8,12H2,1H3,(H,23,26)/t15-,19-/m0/s1. The fourth-order valence-corrected chi connectivity index (χ4v) is 3.78. The van der Waals surface area contributed by atoms with Crippen molar-refractivity contribution in [3.05, 3.63) is 59.7 Å². The van der Waals surface area contributed by atoms with Gasteiger partial charge in [0.15, 0.2) is 0 Å². The van der Waals surface area contributed by atoms with Gasteiger partial charge < -0.3 is 10.2 Å². The van der Waals surface area contributed by atoms with E-state index in [4.69, 9.17) is 0 Å². The zero-order valence-electron chi connectivity index (χ0n) is 14.8. The van der Waals surface area contributed by atoms with Crippen molar-refractivity contribution in [2.75, 3.05) is 6.54 Å². The molecule has 26 heavy (non-hydrogen) atoms. The molecule has 1 saturated heterocycles. The zero-order chi connectivity index (χ0) is 18.1. The summed E-state index contributed by atoms with van der Waals surface area (Å²) in [5.41, 5.74) is 2.54. The van der Waals surface area contributed by atoms with Gasteiger partial charge >= 0.3 is 0 Å². The molecule has 1 aliphatic carbocycles. The first-order valence-electron chi connectivity index (χ1n) is 9.04. The molecule has 1 N–H and O–H groups in total. The number of likely N-dealkylation sites (tertiary alicyclic amines) is 1. The van der Waals surface area contributed by atoms with Crippen LogP contribution in [0.5, 0.6) is 0 Å². The molecule has 134 valence electrons. The highest BCUT2D eigenvalue weighted by Gasteiger charge is 2.47. The minimum atomic E-state index is -0.150. The summed E-state index contributed by atoms with van der Waals surface area (Å²) in [6, 6.07) is 6.06. The smallest absolute Gasteiger partial charge is 0.252 e. The van der Waals surface area contributed by atoms with Gasteiger partial charge in [-0.2, -0.15) is 0 Å². The second kappa shape index (κ2) is 6.86. The summed E-state index contributed by atoms with van der Waals surface area (Å²) in [7, 11) is 0. The molecule has 2 aromatic rings. The second-order valence-electron chi connectivity index (χ2n) is 7.19. The molecule has 0 aromatic carbocycles. The predicted octanol–water partition coefficient (Wildman–Crippen LogP) is 2.27. The number of aryl methyl sites for hydroxylation is 1. The topological polar surface area (TPSA) is 75.2 Å². The van der Waals surface area contributed by atoms with Crippen LogP contribution in [0, 0.1) is 12.8 Å². The average molecular weight is 350 g/mol. The molecule has 3 heterocycles. The molecule has 2 aliphatic rings. The number of carbonyl (C=O) groups excluding carboxylic acids is 2. The van der Waals surface area contributed by atoms with Gasteiger partial charge in [0.2, 0.25) is 5.91 Å². The molecule has 1 saturated carbocycles. The van der Waals surface area contributed by atoms with Crippen molar-refractivity contribution < 1.29 is 9.59 Å². The number of amides is 2. The van der Waals surface area contributed by atoms with Gasteiger partial charge in [-0.3, -0.25) is 19.6 Å². The van der Waals surface area contributed by atoms with E-state index in [1.54, 1.807) is 18.6 Å². The maximum absolute atomic E-state index is 12.6. The number of nitrogens with zero attached hydrogens (tertiary/aromatic N) is 3. The molecule has 0 spiro atoms. The Morgan fingerprint density at radius 2 is 2.12 bits per heavy atom. The van der Waals surface area contributed by atoms with E-state index in [2.05, 4.69) is 15.3 Å². The molecular weight excluding hydrogens is 328 g/mol. The van der Waals surface area contributed by atoms with Gasteiger partial charge in [0, 0.05) is 49.7 Å². The summed E-state index contributed by atoms with van der Waals surface area (Å²) < 4.78 is 0. The van der Waals surface area contributed by atoms with Gasteiger partial charge in [0.05, 0.1) is 11.6 Å². The van der Waals surface area contributed by atoms with Crippen LogP contribution in [0.1, 0.15) is 46.8 Å². The Labute approximate surface area is 152 Å². The van der Waals surface area contributed by atoms with Crippen LogP contribution in [0.3, 0.4) is 0 Å². The van der Waals surface area contributed by atoms with Gasteiger partial charge in [0.1, 0.15) is 0 Å². The maximum atomic E-state index is 12.6. The molecule has 0 unspecified atom stereocenters. The van der Waals surface area contributed by atoms with Crippen LogP contribution in [0.2, 0.25) is 0 Å². The first-order valence-corrected chi connectivity index (χ1v) is 9.04. The highest BCUT2D eigenvalue weighted by atomic mass is 16.2. The lowest BCUT2D eigenvalue weighted by Crippen LogP contribution is -2.35. The average Bonchev–Trinajstić information content (AvgIpc) is 3.43. The van der Waals surface area contributed by atoms with Crippen molar-refractivity contribution in [2.24, 2.45) is 5.92 Å². The van der Waals surface area contributed by atoms with Gasteiger partial charge in [-0.25, -0.2) is 0 Å². The summed E-state index contributed by atoms with van der Waals surface area (Å²) in [5.74, 6) is 0.0790. The Morgan fingerprint density at radius 1 is 1.27 bits per heavy atom. The monoisotopic (exact) mass is 350 g/mol. The molecule has 4 rings (SSSR count). The van der Waals surface area contributed by atoms with E-state index >= 15 is 0 Å². The number of pyridine rings is 2. The number of aromatic nitrogens is 2. The van der Waals surface area contributed by atoms with Crippen LogP contribution in [-0.4, -0.2) is 39.3 Å². The molecule has 2 aromatic heterocycles. The molecule has 2 atom stereocenters. The molecule has 0 radical (unpaired) electrons. The Hall–Kier alpha value is -2.76. The van der Waals surface area contributed by atoms with E-state index in [0.29, 0.717) is 24.6 Å². The lowest BCUT2D eigenvalue weighted by molar-refractivity contribution is -0.129. The van der Waals surface area contributed by atoms with Crippen molar-refractivity contribution in [3.63, 3.8) is 0 Å². The highest BCUT2D eigenvalue weighted by Crippen LogP contribution is 2.44. The summed E-state index contributed by atoms with van der Waals surface area (Å²) in [5, 5.41) is 2.99. The van der Waals surface area contributed by atoms with Crippen LogP contribution >= 0.6 is 0 Å². The highest BCUT2D eigenvalue weighted by molar-refractivity contribution is 5.94. The second-order valence-corrected chi connectivity index (χ2v) is 7.19. The lowest BCUT2D eigenvalue weighted by Gasteiger charge is -2.28. The molecule has 6 nitrogen and oxygen atoms in total. The third kappa shape index (κ3) is 3.31. The van der Waals surface area contributed by atoms with Crippen LogP contribution in [-0.2, 0) is 4.79 Å². The molecule has 6 heteroatoms. The number of hydrogen-bond donors (Lipinski definition) is 1.